The van der Waals surface area contributed by atoms with Crippen LogP contribution in [0.2, 0.25) is 0 Å². The van der Waals surface area contributed by atoms with E-state index in [9.17, 15) is 9.59 Å². The monoisotopic (exact) mass is 372 g/mol. The fourth-order valence-electron chi connectivity index (χ4n) is 2.85. The van der Waals surface area contributed by atoms with Crippen molar-refractivity contribution in [3.8, 4) is 5.75 Å². The first kappa shape index (κ1) is 17.3. The predicted octanol–water partition coefficient (Wildman–Crippen LogP) is 5.46. The molecule has 0 aromatic heterocycles. The van der Waals surface area contributed by atoms with Crippen LogP contribution in [0.3, 0.4) is 0 Å². The quantitative estimate of drug-likeness (QED) is 0.610. The number of allylic oxidation sites excluding steroid dienone is 2. The average Bonchev–Trinajstić information content (AvgIpc) is 2.71. The number of Topliss-reactive ketones (excluding diaryl/α,β-unsaturated/α-hetero) is 2. The molecule has 0 saturated heterocycles. The molecule has 0 bridgehead atoms. The minimum atomic E-state index is -0.274. The molecule has 0 aliphatic heterocycles. The minimum Gasteiger partial charge on any atom is -0.452 e. The van der Waals surface area contributed by atoms with Crippen LogP contribution in [0, 0.1) is 6.92 Å². The molecule has 0 N–H and O–H groups in total. The van der Waals surface area contributed by atoms with Crippen molar-refractivity contribution in [3.05, 3.63) is 106 Å². The minimum absolute atomic E-state index is 0.0800. The Morgan fingerprint density at radius 2 is 1.30 bits per heavy atom. The lowest BCUT2D eigenvalue weighted by atomic mass is 9.93. The van der Waals surface area contributed by atoms with Gasteiger partial charge in [-0.05, 0) is 31.2 Å². The van der Waals surface area contributed by atoms with Gasteiger partial charge in [0.15, 0.2) is 5.76 Å². The highest BCUT2D eigenvalue weighted by molar-refractivity contribution is 8.04. The van der Waals surface area contributed by atoms with E-state index in [-0.39, 0.29) is 17.3 Å². The average molecular weight is 372 g/mol. The normalized spacial score (nSPS) is 13.5. The molecule has 0 saturated carbocycles. The molecule has 3 aromatic carbocycles. The van der Waals surface area contributed by atoms with Crippen molar-refractivity contribution in [3.63, 3.8) is 0 Å². The Kier molecular flexibility index (Phi) is 4.65. The number of benzene rings is 3. The van der Waals surface area contributed by atoms with Gasteiger partial charge in [-0.2, -0.15) is 0 Å². The summed E-state index contributed by atoms with van der Waals surface area (Å²) in [4.78, 5) is 27.4. The first-order chi connectivity index (χ1) is 13.1. The van der Waals surface area contributed by atoms with Gasteiger partial charge in [-0.1, -0.05) is 71.9 Å². The number of ether oxygens (including phenoxy) is 1. The molecule has 0 radical (unpaired) electrons. The molecule has 3 aromatic rings. The van der Waals surface area contributed by atoms with Crippen molar-refractivity contribution < 1.29 is 14.3 Å². The highest BCUT2D eigenvalue weighted by Crippen LogP contribution is 2.37. The van der Waals surface area contributed by atoms with Gasteiger partial charge < -0.3 is 4.74 Å². The number of rotatable bonds is 4. The molecular weight excluding hydrogens is 356 g/mol. The molecule has 132 valence electrons. The third-order valence-electron chi connectivity index (χ3n) is 4.24. The number of thioether (sulfide) groups is 1. The summed E-state index contributed by atoms with van der Waals surface area (Å²) in [6.45, 7) is 1.98. The Hall–Kier alpha value is -3.11. The number of carbonyl (C=O) groups excluding carboxylic acids is 2. The van der Waals surface area contributed by atoms with Gasteiger partial charge in [0.25, 0.3) is 0 Å². The van der Waals surface area contributed by atoms with E-state index in [0.717, 1.165) is 10.5 Å². The van der Waals surface area contributed by atoms with Gasteiger partial charge in [0.1, 0.15) is 10.7 Å². The third kappa shape index (κ3) is 3.44. The van der Waals surface area contributed by atoms with Crippen LogP contribution < -0.4 is 4.74 Å². The second-order valence-electron chi connectivity index (χ2n) is 6.19. The van der Waals surface area contributed by atoms with E-state index in [2.05, 4.69) is 0 Å². The maximum Gasteiger partial charge on any atom is 0.230 e. The SMILES string of the molecule is Cc1ccc(OC2=C(Sc3ccccc3)C(=O)c3ccccc3C2=O)cc1. The highest BCUT2D eigenvalue weighted by atomic mass is 32.2. The Bertz CT molecular complexity index is 1050. The Labute approximate surface area is 161 Å². The lowest BCUT2D eigenvalue weighted by molar-refractivity contribution is 0.0944. The molecule has 0 amide bonds. The first-order valence-corrected chi connectivity index (χ1v) is 9.35. The maximum absolute atomic E-state index is 13.1. The van der Waals surface area contributed by atoms with Crippen molar-refractivity contribution in [1.82, 2.24) is 0 Å². The molecule has 0 fully saturated rings. The Balaban J connectivity index is 1.81. The summed E-state index contributed by atoms with van der Waals surface area (Å²) in [5, 5.41) is 0. The molecule has 4 rings (SSSR count). The van der Waals surface area contributed by atoms with E-state index in [0.29, 0.717) is 21.8 Å². The smallest absolute Gasteiger partial charge is 0.230 e. The molecule has 3 nitrogen and oxygen atoms in total. The molecular formula is C23H16O3S. The van der Waals surface area contributed by atoms with Gasteiger partial charge in [0.2, 0.25) is 11.6 Å². The number of ketones is 2. The third-order valence-corrected chi connectivity index (χ3v) is 5.32. The number of hydrogen-bond acceptors (Lipinski definition) is 4. The summed E-state index contributed by atoms with van der Waals surface area (Å²) in [6.07, 6.45) is 0. The van der Waals surface area contributed by atoms with Gasteiger partial charge >= 0.3 is 0 Å². The zero-order valence-electron chi connectivity index (χ0n) is 14.6. The number of hydrogen-bond donors (Lipinski definition) is 0. The van der Waals surface area contributed by atoms with E-state index in [1.807, 2.05) is 49.4 Å². The summed E-state index contributed by atoms with van der Waals surface area (Å²) < 4.78 is 5.92. The molecule has 27 heavy (non-hydrogen) atoms. The molecule has 0 atom stereocenters. The number of aryl methyl sites for hydroxylation is 1. The molecule has 1 aliphatic carbocycles. The van der Waals surface area contributed by atoms with Crippen molar-refractivity contribution in [2.75, 3.05) is 0 Å². The van der Waals surface area contributed by atoms with E-state index in [1.165, 1.54) is 11.8 Å². The van der Waals surface area contributed by atoms with Crippen LogP contribution in [0.4, 0.5) is 0 Å². The van der Waals surface area contributed by atoms with Crippen molar-refractivity contribution in [2.24, 2.45) is 0 Å². The van der Waals surface area contributed by atoms with Crippen molar-refractivity contribution in [1.29, 1.82) is 0 Å². The largest absolute Gasteiger partial charge is 0.452 e. The fourth-order valence-corrected chi connectivity index (χ4v) is 3.80. The number of fused-ring (bicyclic) bond motifs is 1. The zero-order chi connectivity index (χ0) is 18.8. The van der Waals surface area contributed by atoms with Gasteiger partial charge in [-0.25, -0.2) is 0 Å². The first-order valence-electron chi connectivity index (χ1n) is 8.53. The van der Waals surface area contributed by atoms with Crippen molar-refractivity contribution in [2.45, 2.75) is 11.8 Å². The second-order valence-corrected chi connectivity index (χ2v) is 7.28. The van der Waals surface area contributed by atoms with Crippen LogP contribution in [0.25, 0.3) is 0 Å². The Morgan fingerprint density at radius 3 is 1.96 bits per heavy atom. The molecule has 0 heterocycles. The lowest BCUT2D eigenvalue weighted by Gasteiger charge is -2.20. The summed E-state index contributed by atoms with van der Waals surface area (Å²) in [5.41, 5.74) is 1.88. The van der Waals surface area contributed by atoms with Crippen LogP contribution >= 0.6 is 11.8 Å². The highest BCUT2D eigenvalue weighted by Gasteiger charge is 2.34. The summed E-state index contributed by atoms with van der Waals surface area (Å²) in [7, 11) is 0. The van der Waals surface area contributed by atoms with Gasteiger partial charge in [-0.3, -0.25) is 9.59 Å². The molecule has 1 aliphatic rings. The topological polar surface area (TPSA) is 43.4 Å². The van der Waals surface area contributed by atoms with Crippen LogP contribution in [0.15, 0.2) is 94.4 Å². The van der Waals surface area contributed by atoms with Crippen LogP contribution in [-0.4, -0.2) is 11.6 Å². The fraction of sp³-hybridized carbons (Fsp3) is 0.0435. The summed E-state index contributed by atoms with van der Waals surface area (Å²) in [5.74, 6) is 0.143. The summed E-state index contributed by atoms with van der Waals surface area (Å²) in [6, 6.07) is 23.8. The summed E-state index contributed by atoms with van der Waals surface area (Å²) >= 11 is 1.25. The van der Waals surface area contributed by atoms with E-state index >= 15 is 0 Å². The van der Waals surface area contributed by atoms with Crippen LogP contribution in [0.5, 0.6) is 5.75 Å². The van der Waals surface area contributed by atoms with Gasteiger partial charge in [-0.15, -0.1) is 0 Å². The van der Waals surface area contributed by atoms with E-state index < -0.39 is 0 Å². The van der Waals surface area contributed by atoms with E-state index in [1.54, 1.807) is 36.4 Å². The lowest BCUT2D eigenvalue weighted by Crippen LogP contribution is -2.23. The molecule has 0 unspecified atom stereocenters. The van der Waals surface area contributed by atoms with Gasteiger partial charge in [0.05, 0.1) is 0 Å². The predicted molar refractivity (Wildman–Crippen MR) is 106 cm³/mol. The zero-order valence-corrected chi connectivity index (χ0v) is 15.5. The molecule has 0 spiro atoms. The van der Waals surface area contributed by atoms with Crippen molar-refractivity contribution >= 4 is 23.3 Å². The maximum atomic E-state index is 13.1. The van der Waals surface area contributed by atoms with Crippen LogP contribution in [-0.2, 0) is 0 Å². The van der Waals surface area contributed by atoms with Crippen LogP contribution in [0.1, 0.15) is 26.3 Å². The van der Waals surface area contributed by atoms with Gasteiger partial charge in [0, 0.05) is 16.0 Å². The Morgan fingerprint density at radius 1 is 0.704 bits per heavy atom. The van der Waals surface area contributed by atoms with E-state index in [4.69, 9.17) is 4.74 Å². The second kappa shape index (κ2) is 7.25. The standard InChI is InChI=1S/C23H16O3S/c1-15-11-13-16(14-12-15)26-22-20(24)18-9-5-6-10-19(18)21(25)23(22)27-17-7-3-2-4-8-17/h2-14H,1H3. The molecule has 4 heteroatoms. The number of carbonyl (C=O) groups is 2.